The van der Waals surface area contributed by atoms with E-state index in [1.54, 1.807) is 4.90 Å². The van der Waals surface area contributed by atoms with E-state index in [4.69, 9.17) is 0 Å². The predicted octanol–water partition coefficient (Wildman–Crippen LogP) is 0.146. The molecule has 0 aromatic rings. The number of nitrogens with zero attached hydrogens (tertiary/aromatic N) is 2. The van der Waals surface area contributed by atoms with E-state index < -0.39 is 0 Å². The molecule has 2 rings (SSSR count). The smallest absolute Gasteiger partial charge is 0.323 e. The van der Waals surface area contributed by atoms with Gasteiger partial charge in [-0.3, -0.25) is 4.90 Å². The molecule has 0 bridgehead atoms. The lowest BCUT2D eigenvalue weighted by Gasteiger charge is -2.25. The van der Waals surface area contributed by atoms with Crippen molar-refractivity contribution >= 4 is 6.03 Å². The maximum atomic E-state index is 11.2. The molecule has 2 aliphatic heterocycles. The van der Waals surface area contributed by atoms with Crippen molar-refractivity contribution in [3.05, 3.63) is 11.9 Å². The van der Waals surface area contributed by atoms with E-state index in [0.717, 1.165) is 18.7 Å². The first-order chi connectivity index (χ1) is 5.27. The Hall–Kier alpha value is -1.19. The molecular weight excluding hydrogens is 142 g/mol. The lowest BCUT2D eigenvalue weighted by Crippen LogP contribution is -2.44. The van der Waals surface area contributed by atoms with Crippen LogP contribution in [0, 0.1) is 0 Å². The molecule has 0 spiro atoms. The number of fused-ring (bicyclic) bond motifs is 1. The van der Waals surface area contributed by atoms with Crippen LogP contribution in [0.3, 0.4) is 0 Å². The third-order valence-corrected chi connectivity index (χ3v) is 1.98. The van der Waals surface area contributed by atoms with Gasteiger partial charge in [-0.05, 0) is 0 Å². The van der Waals surface area contributed by atoms with Gasteiger partial charge >= 0.3 is 6.03 Å². The molecule has 1 N–H and O–H groups in total. The van der Waals surface area contributed by atoms with Crippen LogP contribution in [0.1, 0.15) is 6.42 Å². The Bertz CT molecular complexity index is 224. The fourth-order valence-electron chi connectivity index (χ4n) is 1.47. The van der Waals surface area contributed by atoms with Crippen LogP contribution < -0.4 is 5.32 Å². The molecule has 2 aliphatic rings. The van der Waals surface area contributed by atoms with Crippen molar-refractivity contribution < 1.29 is 4.79 Å². The van der Waals surface area contributed by atoms with Gasteiger partial charge in [0.1, 0.15) is 0 Å². The number of nitrogens with one attached hydrogen (secondary N) is 1. The molecule has 0 aliphatic carbocycles. The van der Waals surface area contributed by atoms with Crippen LogP contribution in [0.4, 0.5) is 4.79 Å². The van der Waals surface area contributed by atoms with Gasteiger partial charge in [0.15, 0.2) is 0 Å². The Labute approximate surface area is 65.5 Å². The second-order valence-electron chi connectivity index (χ2n) is 2.93. The van der Waals surface area contributed by atoms with Crippen LogP contribution in [0.25, 0.3) is 0 Å². The predicted molar refractivity (Wildman–Crippen MR) is 40.6 cm³/mol. The molecule has 2 heterocycles. The van der Waals surface area contributed by atoms with Crippen LogP contribution in [0.5, 0.6) is 0 Å². The first kappa shape index (κ1) is 6.52. The van der Waals surface area contributed by atoms with E-state index in [9.17, 15) is 4.79 Å². The summed E-state index contributed by atoms with van der Waals surface area (Å²) in [5, 5.41) is 2.79. The highest BCUT2D eigenvalue weighted by atomic mass is 16.2. The summed E-state index contributed by atoms with van der Waals surface area (Å²) in [4.78, 5) is 15.0. The van der Waals surface area contributed by atoms with Gasteiger partial charge < -0.3 is 10.2 Å². The minimum atomic E-state index is 0.0341. The third kappa shape index (κ3) is 0.943. The summed E-state index contributed by atoms with van der Waals surface area (Å²) < 4.78 is 0. The van der Waals surface area contributed by atoms with Crippen LogP contribution in [-0.2, 0) is 0 Å². The van der Waals surface area contributed by atoms with Crippen molar-refractivity contribution in [1.29, 1.82) is 0 Å². The van der Waals surface area contributed by atoms with Crippen LogP contribution in [0.15, 0.2) is 11.9 Å². The number of carbonyl (C=O) groups excluding carboxylic acids is 1. The van der Waals surface area contributed by atoms with Gasteiger partial charge in [0.25, 0.3) is 0 Å². The van der Waals surface area contributed by atoms with E-state index >= 15 is 0 Å². The van der Waals surface area contributed by atoms with Crippen molar-refractivity contribution in [2.75, 3.05) is 20.3 Å². The summed E-state index contributed by atoms with van der Waals surface area (Å²) in [6.07, 6.45) is 2.98. The fraction of sp³-hybridized carbons (Fsp3) is 0.571. The lowest BCUT2D eigenvalue weighted by atomic mass is 10.3. The average Bonchev–Trinajstić information content (AvgIpc) is 2.31. The number of carbonyl (C=O) groups is 1. The van der Waals surface area contributed by atoms with Gasteiger partial charge in [-0.15, -0.1) is 0 Å². The number of amides is 2. The van der Waals surface area contributed by atoms with Crippen molar-refractivity contribution in [3.63, 3.8) is 0 Å². The van der Waals surface area contributed by atoms with Gasteiger partial charge in [-0.1, -0.05) is 0 Å². The summed E-state index contributed by atoms with van der Waals surface area (Å²) in [5.74, 6) is 0. The second-order valence-corrected chi connectivity index (χ2v) is 2.93. The molecule has 1 saturated heterocycles. The highest BCUT2D eigenvalue weighted by Crippen LogP contribution is 2.19. The maximum absolute atomic E-state index is 11.2. The van der Waals surface area contributed by atoms with E-state index in [1.165, 1.54) is 0 Å². The standard InChI is InChI=1S/C7H11N3O/c1-9-4-6-2-3-8-7(11)10(6)5-9/h4H,2-3,5H2,1H3,(H,8,11). The Morgan fingerprint density at radius 1 is 1.64 bits per heavy atom. The topological polar surface area (TPSA) is 35.6 Å². The Morgan fingerprint density at radius 2 is 2.45 bits per heavy atom. The minimum absolute atomic E-state index is 0.0341. The summed E-state index contributed by atoms with van der Waals surface area (Å²) in [5.41, 5.74) is 1.14. The number of hydrogen-bond acceptors (Lipinski definition) is 2. The number of hydrogen-bond donors (Lipinski definition) is 1. The van der Waals surface area contributed by atoms with Crippen molar-refractivity contribution in [1.82, 2.24) is 15.1 Å². The van der Waals surface area contributed by atoms with Crippen molar-refractivity contribution in [3.8, 4) is 0 Å². The first-order valence-corrected chi connectivity index (χ1v) is 3.73. The lowest BCUT2D eigenvalue weighted by molar-refractivity contribution is 0.195. The zero-order valence-corrected chi connectivity index (χ0v) is 6.50. The molecule has 60 valence electrons. The van der Waals surface area contributed by atoms with Gasteiger partial charge in [-0.2, -0.15) is 0 Å². The molecule has 4 nitrogen and oxygen atoms in total. The Morgan fingerprint density at radius 3 is 3.18 bits per heavy atom. The molecule has 0 radical (unpaired) electrons. The van der Waals surface area contributed by atoms with Gasteiger partial charge in [0, 0.05) is 31.9 Å². The molecule has 0 unspecified atom stereocenters. The van der Waals surface area contributed by atoms with E-state index in [2.05, 4.69) is 5.32 Å². The van der Waals surface area contributed by atoms with E-state index in [-0.39, 0.29) is 6.03 Å². The van der Waals surface area contributed by atoms with E-state index in [1.807, 2.05) is 18.1 Å². The van der Waals surface area contributed by atoms with Gasteiger partial charge in [0.05, 0.1) is 6.67 Å². The normalized spacial score (nSPS) is 23.0. The van der Waals surface area contributed by atoms with Gasteiger partial charge in [0.2, 0.25) is 0 Å². The van der Waals surface area contributed by atoms with Crippen LogP contribution in [-0.4, -0.2) is 36.1 Å². The van der Waals surface area contributed by atoms with Crippen molar-refractivity contribution in [2.45, 2.75) is 6.42 Å². The zero-order chi connectivity index (χ0) is 7.84. The molecule has 0 aromatic carbocycles. The molecule has 0 saturated carbocycles. The summed E-state index contributed by atoms with van der Waals surface area (Å²) in [6.45, 7) is 1.47. The zero-order valence-electron chi connectivity index (χ0n) is 6.50. The number of urea groups is 1. The minimum Gasteiger partial charge on any atom is -0.361 e. The summed E-state index contributed by atoms with van der Waals surface area (Å²) >= 11 is 0. The monoisotopic (exact) mass is 153 g/mol. The largest absolute Gasteiger partial charge is 0.361 e. The SMILES string of the molecule is CN1C=C2CCNC(=O)N2C1. The quantitative estimate of drug-likeness (QED) is 0.537. The fourth-order valence-corrected chi connectivity index (χ4v) is 1.47. The van der Waals surface area contributed by atoms with Crippen LogP contribution in [0.2, 0.25) is 0 Å². The van der Waals surface area contributed by atoms with E-state index in [0.29, 0.717) is 6.67 Å². The highest BCUT2D eigenvalue weighted by molar-refractivity contribution is 5.77. The molecule has 11 heavy (non-hydrogen) atoms. The Kier molecular flexibility index (Phi) is 1.27. The number of rotatable bonds is 0. The average molecular weight is 153 g/mol. The summed E-state index contributed by atoms with van der Waals surface area (Å²) in [6, 6.07) is 0.0341. The molecule has 0 atom stereocenters. The third-order valence-electron chi connectivity index (χ3n) is 1.98. The molecular formula is C7H11N3O. The highest BCUT2D eigenvalue weighted by Gasteiger charge is 2.27. The first-order valence-electron chi connectivity index (χ1n) is 3.73. The van der Waals surface area contributed by atoms with Crippen LogP contribution >= 0.6 is 0 Å². The molecule has 1 fully saturated rings. The van der Waals surface area contributed by atoms with Gasteiger partial charge in [-0.25, -0.2) is 4.79 Å². The molecule has 0 aromatic heterocycles. The molecule has 2 amide bonds. The molecule has 4 heteroatoms. The van der Waals surface area contributed by atoms with Crippen molar-refractivity contribution in [2.24, 2.45) is 0 Å². The second kappa shape index (κ2) is 2.15. The maximum Gasteiger partial charge on any atom is 0.323 e. The summed E-state index contributed by atoms with van der Waals surface area (Å²) in [7, 11) is 1.97. The Balaban J connectivity index is 2.21.